The van der Waals surface area contributed by atoms with E-state index in [-0.39, 0.29) is 5.92 Å². The number of nitrogens with zero attached hydrogens (tertiary/aromatic N) is 2. The van der Waals surface area contributed by atoms with Gasteiger partial charge in [0.25, 0.3) is 0 Å². The number of hydrogen-bond donors (Lipinski definition) is 1. The molecule has 0 bridgehead atoms. The van der Waals surface area contributed by atoms with Gasteiger partial charge < -0.3 is 5.32 Å². The van der Waals surface area contributed by atoms with Crippen molar-refractivity contribution in [2.45, 2.75) is 53.4 Å². The van der Waals surface area contributed by atoms with E-state index >= 15 is 0 Å². The van der Waals surface area contributed by atoms with Gasteiger partial charge in [-0.1, -0.05) is 52.1 Å². The molecule has 1 aromatic rings. The molecule has 0 unspecified atom stereocenters. The Morgan fingerprint density at radius 1 is 1.17 bits per heavy atom. The van der Waals surface area contributed by atoms with Gasteiger partial charge in [0.05, 0.1) is 0 Å². The van der Waals surface area contributed by atoms with Crippen LogP contribution in [0.2, 0.25) is 5.15 Å². The predicted octanol–water partition coefficient (Wildman–Crippen LogP) is 4.41. The van der Waals surface area contributed by atoms with Gasteiger partial charge in [0.15, 0.2) is 0 Å². The minimum absolute atomic E-state index is 0.289. The minimum atomic E-state index is 0.289. The van der Waals surface area contributed by atoms with Gasteiger partial charge in [-0.3, -0.25) is 0 Å². The molecule has 0 amide bonds. The summed E-state index contributed by atoms with van der Waals surface area (Å²) in [5.41, 5.74) is 0.937. The summed E-state index contributed by atoms with van der Waals surface area (Å²) in [5, 5.41) is 3.97. The normalized spacial score (nSPS) is 11.3. The summed E-state index contributed by atoms with van der Waals surface area (Å²) >= 11 is 6.16. The first-order valence-electron chi connectivity index (χ1n) is 6.77. The van der Waals surface area contributed by atoms with Gasteiger partial charge in [0, 0.05) is 18.0 Å². The Balaban J connectivity index is 2.87. The monoisotopic (exact) mass is 269 g/mol. The van der Waals surface area contributed by atoms with Gasteiger partial charge in [-0.15, -0.1) is 0 Å². The van der Waals surface area contributed by atoms with E-state index in [0.717, 1.165) is 23.8 Å². The van der Waals surface area contributed by atoms with Crippen LogP contribution in [0.3, 0.4) is 0 Å². The SMILES string of the molecule is CCC(CC)CNc1nc(C(C)C)nc(Cl)c1C. The molecule has 0 aliphatic rings. The van der Waals surface area contributed by atoms with Gasteiger partial charge in [-0.05, 0) is 12.8 Å². The van der Waals surface area contributed by atoms with Crippen LogP contribution in [0.25, 0.3) is 0 Å². The van der Waals surface area contributed by atoms with E-state index in [9.17, 15) is 0 Å². The summed E-state index contributed by atoms with van der Waals surface area (Å²) in [4.78, 5) is 8.88. The lowest BCUT2D eigenvalue weighted by atomic mass is 10.0. The molecule has 0 saturated heterocycles. The number of rotatable bonds is 6. The molecule has 0 aliphatic carbocycles. The van der Waals surface area contributed by atoms with E-state index in [1.165, 1.54) is 12.8 Å². The summed E-state index contributed by atoms with van der Waals surface area (Å²) in [6.45, 7) is 11.5. The first-order valence-corrected chi connectivity index (χ1v) is 7.15. The average molecular weight is 270 g/mol. The molecule has 0 saturated carbocycles. The van der Waals surface area contributed by atoms with Crippen LogP contribution in [0.5, 0.6) is 0 Å². The largest absolute Gasteiger partial charge is 0.369 e. The van der Waals surface area contributed by atoms with Gasteiger partial charge >= 0.3 is 0 Å². The van der Waals surface area contributed by atoms with Gasteiger partial charge in [-0.25, -0.2) is 9.97 Å². The minimum Gasteiger partial charge on any atom is -0.369 e. The lowest BCUT2D eigenvalue weighted by Crippen LogP contribution is -2.15. The van der Waals surface area contributed by atoms with Crippen molar-refractivity contribution in [3.8, 4) is 0 Å². The van der Waals surface area contributed by atoms with Crippen molar-refractivity contribution in [2.75, 3.05) is 11.9 Å². The molecule has 0 fully saturated rings. The van der Waals surface area contributed by atoms with E-state index in [1.54, 1.807) is 0 Å². The smallest absolute Gasteiger partial charge is 0.137 e. The highest BCUT2D eigenvalue weighted by molar-refractivity contribution is 6.30. The van der Waals surface area contributed by atoms with Crippen molar-refractivity contribution in [3.63, 3.8) is 0 Å². The molecule has 102 valence electrons. The summed E-state index contributed by atoms with van der Waals surface area (Å²) in [6, 6.07) is 0. The zero-order valence-electron chi connectivity index (χ0n) is 12.0. The highest BCUT2D eigenvalue weighted by Gasteiger charge is 2.12. The number of aromatic nitrogens is 2. The lowest BCUT2D eigenvalue weighted by Gasteiger charge is -2.16. The van der Waals surface area contributed by atoms with Crippen LogP contribution in [0.1, 0.15) is 57.8 Å². The topological polar surface area (TPSA) is 37.8 Å². The van der Waals surface area contributed by atoms with Crippen LogP contribution in [0, 0.1) is 12.8 Å². The first kappa shape index (κ1) is 15.2. The van der Waals surface area contributed by atoms with Gasteiger partial charge in [0.2, 0.25) is 0 Å². The fraction of sp³-hybridized carbons (Fsp3) is 0.714. The second-order valence-electron chi connectivity index (χ2n) is 5.06. The Morgan fingerprint density at radius 2 is 1.78 bits per heavy atom. The zero-order valence-corrected chi connectivity index (χ0v) is 12.8. The predicted molar refractivity (Wildman–Crippen MR) is 78.4 cm³/mol. The summed E-state index contributed by atoms with van der Waals surface area (Å²) in [7, 11) is 0. The second-order valence-corrected chi connectivity index (χ2v) is 5.42. The molecule has 1 rings (SSSR count). The highest BCUT2D eigenvalue weighted by atomic mass is 35.5. The lowest BCUT2D eigenvalue weighted by molar-refractivity contribution is 0.518. The van der Waals surface area contributed by atoms with Gasteiger partial charge in [-0.2, -0.15) is 0 Å². The Hall–Kier alpha value is -0.830. The molecule has 0 aromatic carbocycles. The average Bonchev–Trinajstić information content (AvgIpc) is 2.34. The van der Waals surface area contributed by atoms with Crippen molar-refractivity contribution in [1.82, 2.24) is 9.97 Å². The summed E-state index contributed by atoms with van der Waals surface area (Å²) in [6.07, 6.45) is 2.36. The van der Waals surface area contributed by atoms with Crippen molar-refractivity contribution < 1.29 is 0 Å². The Kier molecular flexibility index (Phi) is 5.86. The van der Waals surface area contributed by atoms with Crippen molar-refractivity contribution in [1.29, 1.82) is 0 Å². The Bertz CT molecular complexity index is 387. The molecule has 0 aliphatic heterocycles. The Morgan fingerprint density at radius 3 is 2.28 bits per heavy atom. The third-order valence-corrected chi connectivity index (χ3v) is 3.70. The van der Waals surface area contributed by atoms with Crippen LogP contribution in [0.15, 0.2) is 0 Å². The Labute approximate surface area is 115 Å². The standard InChI is InChI=1S/C14H24ClN3/c1-6-11(7-2)8-16-14-10(5)12(15)17-13(18-14)9(3)4/h9,11H,6-8H2,1-5H3,(H,16,17,18). The van der Waals surface area contributed by atoms with Crippen LogP contribution in [-0.4, -0.2) is 16.5 Å². The quantitative estimate of drug-likeness (QED) is 0.778. The molecule has 1 N–H and O–H groups in total. The molecule has 3 nitrogen and oxygen atoms in total. The van der Waals surface area contributed by atoms with Crippen LogP contribution >= 0.6 is 11.6 Å². The van der Waals surface area contributed by atoms with Crippen molar-refractivity contribution in [2.24, 2.45) is 5.92 Å². The van der Waals surface area contributed by atoms with Gasteiger partial charge in [0.1, 0.15) is 16.8 Å². The van der Waals surface area contributed by atoms with Crippen LogP contribution < -0.4 is 5.32 Å². The molecule has 18 heavy (non-hydrogen) atoms. The maximum atomic E-state index is 6.16. The maximum absolute atomic E-state index is 6.16. The maximum Gasteiger partial charge on any atom is 0.137 e. The van der Waals surface area contributed by atoms with Crippen LogP contribution in [-0.2, 0) is 0 Å². The fourth-order valence-corrected chi connectivity index (χ4v) is 1.93. The second kappa shape index (κ2) is 6.93. The molecular weight excluding hydrogens is 246 g/mol. The van der Waals surface area contributed by atoms with Crippen molar-refractivity contribution in [3.05, 3.63) is 16.5 Å². The van der Waals surface area contributed by atoms with E-state index < -0.39 is 0 Å². The number of anilines is 1. The summed E-state index contributed by atoms with van der Waals surface area (Å²) < 4.78 is 0. The van der Waals surface area contributed by atoms with E-state index in [0.29, 0.717) is 11.1 Å². The molecule has 1 heterocycles. The number of hydrogen-bond acceptors (Lipinski definition) is 3. The number of halogens is 1. The van der Waals surface area contributed by atoms with Crippen molar-refractivity contribution >= 4 is 17.4 Å². The summed E-state index contributed by atoms with van der Waals surface area (Å²) in [5.74, 6) is 2.65. The van der Waals surface area contributed by atoms with E-state index in [4.69, 9.17) is 11.6 Å². The van der Waals surface area contributed by atoms with E-state index in [1.807, 2.05) is 6.92 Å². The first-order chi connectivity index (χ1) is 8.49. The van der Waals surface area contributed by atoms with E-state index in [2.05, 4.69) is 43.0 Å². The fourth-order valence-electron chi connectivity index (χ4n) is 1.75. The molecule has 0 atom stereocenters. The molecule has 4 heteroatoms. The van der Waals surface area contributed by atoms with Crippen LogP contribution in [0.4, 0.5) is 5.82 Å². The highest BCUT2D eigenvalue weighted by Crippen LogP contribution is 2.23. The zero-order chi connectivity index (χ0) is 13.7. The third kappa shape index (κ3) is 3.84. The number of nitrogens with one attached hydrogen (secondary N) is 1. The molecule has 0 spiro atoms. The molecular formula is C14H24ClN3. The molecule has 0 radical (unpaired) electrons. The molecule has 1 aromatic heterocycles. The third-order valence-electron chi connectivity index (χ3n) is 3.33.